The van der Waals surface area contributed by atoms with Crippen LogP contribution in [-0.4, -0.2) is 72.9 Å². The first-order valence-corrected chi connectivity index (χ1v) is 11.9. The number of anilines is 1. The van der Waals surface area contributed by atoms with Crippen LogP contribution < -0.4 is 51.4 Å². The van der Waals surface area contributed by atoms with E-state index in [2.05, 4.69) is 15.5 Å². The number of hydrogen-bond acceptors (Lipinski definition) is 13. The van der Waals surface area contributed by atoms with Crippen LogP contribution in [0.3, 0.4) is 0 Å². The van der Waals surface area contributed by atoms with Gasteiger partial charge in [-0.1, -0.05) is 23.0 Å². The van der Waals surface area contributed by atoms with Crippen molar-refractivity contribution in [3.8, 4) is 0 Å². The molecule has 0 aromatic carbocycles. The monoisotopic (exact) mass is 536 g/mol. The van der Waals surface area contributed by atoms with Gasteiger partial charge in [-0.25, -0.2) is 4.98 Å². The second kappa shape index (κ2) is 12.1. The molecule has 7 N–H and O–H groups in total. The molecule has 1 saturated heterocycles. The van der Waals surface area contributed by atoms with Gasteiger partial charge in [-0.3, -0.25) is 19.3 Å². The Hall–Kier alpha value is -2.08. The number of nitrogens with zero attached hydrogens (tertiary/aromatic N) is 3. The standard InChI is InChI=1S/C17H18N6O7S3.Na/c18-6(15(26)27)2-1-3-31-8-5-32-14-10(13(25)23(14)11(8)16(28)29)21-12(24)9(22-30)7-4-33-17(19)20-7;/h1,3-4,6,10,14,30H,2,5,18H2,(H2,19,20)(H,21,24)(H,26,27)(H,28,29);/q;+1/p-1/b3-1-,22-9-;/t6?,10?,14-;/m1./s1. The van der Waals surface area contributed by atoms with Gasteiger partial charge in [-0.15, -0.1) is 23.1 Å². The molecule has 1 fully saturated rings. The molecule has 0 aliphatic carbocycles. The van der Waals surface area contributed by atoms with Crippen LogP contribution in [0.2, 0.25) is 0 Å². The van der Waals surface area contributed by atoms with Gasteiger partial charge in [-0.05, 0) is 11.8 Å². The van der Waals surface area contributed by atoms with E-state index in [9.17, 15) is 29.5 Å². The third-order valence-electron chi connectivity index (χ3n) is 4.51. The number of nitrogens with two attached hydrogens (primary N) is 2. The molecule has 176 valence electrons. The van der Waals surface area contributed by atoms with Crippen molar-refractivity contribution < 1.29 is 64.2 Å². The van der Waals surface area contributed by atoms with Crippen molar-refractivity contribution >= 4 is 69.5 Å². The van der Waals surface area contributed by atoms with Gasteiger partial charge in [0.05, 0.1) is 11.7 Å². The molecule has 13 nitrogen and oxygen atoms in total. The second-order valence-corrected chi connectivity index (χ2v) is 9.61. The molecule has 1 aromatic rings. The number of aliphatic carboxylic acids is 2. The molecule has 2 amide bonds. The van der Waals surface area contributed by atoms with Crippen LogP contribution >= 0.6 is 34.9 Å². The van der Waals surface area contributed by atoms with Gasteiger partial charge in [0.15, 0.2) is 10.8 Å². The molecule has 3 atom stereocenters. The number of hydrogen-bond donors (Lipinski definition) is 5. The minimum atomic E-state index is -1.56. The summed E-state index contributed by atoms with van der Waals surface area (Å²) in [5, 5.41) is 37.4. The molecule has 2 aliphatic heterocycles. The number of carboxylic acid groups (broad SMARTS) is 2. The zero-order valence-electron chi connectivity index (χ0n) is 17.5. The molecule has 0 spiro atoms. The third-order valence-corrected chi connectivity index (χ3v) is 7.59. The fraction of sp³-hybridized carbons (Fsp3) is 0.294. The summed E-state index contributed by atoms with van der Waals surface area (Å²) in [5.74, 6) is -4.08. The summed E-state index contributed by atoms with van der Waals surface area (Å²) in [5.41, 5.74) is 10.2. The van der Waals surface area contributed by atoms with Crippen molar-refractivity contribution in [1.82, 2.24) is 15.2 Å². The fourth-order valence-electron chi connectivity index (χ4n) is 2.92. The van der Waals surface area contributed by atoms with Gasteiger partial charge in [0.1, 0.15) is 23.2 Å². The Balaban J connectivity index is 0.00000408. The minimum absolute atomic E-state index is 0. The maximum absolute atomic E-state index is 12.7. The summed E-state index contributed by atoms with van der Waals surface area (Å²) in [6.07, 6.45) is 1.53. The average Bonchev–Trinajstić information content (AvgIpc) is 3.20. The first-order chi connectivity index (χ1) is 15.6. The van der Waals surface area contributed by atoms with Crippen molar-refractivity contribution in [2.24, 2.45) is 10.9 Å². The van der Waals surface area contributed by atoms with E-state index in [-0.39, 0.29) is 58.3 Å². The second-order valence-electron chi connectivity index (χ2n) is 6.61. The Bertz CT molecular complexity index is 1090. The molecule has 2 unspecified atom stereocenters. The van der Waals surface area contributed by atoms with Crippen LogP contribution in [0.4, 0.5) is 5.13 Å². The molecule has 34 heavy (non-hydrogen) atoms. The Morgan fingerprint density at radius 1 is 1.47 bits per heavy atom. The molecule has 0 bridgehead atoms. The molecule has 3 rings (SSSR count). The third kappa shape index (κ3) is 5.94. The maximum Gasteiger partial charge on any atom is 1.00 e. The van der Waals surface area contributed by atoms with E-state index in [4.69, 9.17) is 16.6 Å². The van der Waals surface area contributed by atoms with Crippen molar-refractivity contribution in [1.29, 1.82) is 0 Å². The predicted octanol–water partition coefficient (Wildman–Crippen LogP) is -4.68. The predicted molar refractivity (Wildman–Crippen MR) is 119 cm³/mol. The number of nitrogen functional groups attached to an aromatic ring is 1. The zero-order chi connectivity index (χ0) is 24.3. The molecule has 2 aliphatic rings. The first kappa shape index (κ1) is 28.2. The van der Waals surface area contributed by atoms with E-state index in [0.717, 1.165) is 28.0 Å². The fourth-order valence-corrected chi connectivity index (χ4v) is 5.81. The summed E-state index contributed by atoms with van der Waals surface area (Å²) in [6.45, 7) is 0. The number of thiazole rings is 1. The average molecular weight is 537 g/mol. The normalized spacial score (nSPS) is 20.9. The van der Waals surface area contributed by atoms with Crippen LogP contribution in [-0.2, 0) is 19.2 Å². The number of amides is 2. The van der Waals surface area contributed by atoms with Crippen LogP contribution in [0.15, 0.2) is 32.6 Å². The zero-order valence-corrected chi connectivity index (χ0v) is 22.0. The van der Waals surface area contributed by atoms with Crippen LogP contribution in [0.1, 0.15) is 12.1 Å². The number of nitrogens with one attached hydrogen (secondary N) is 1. The van der Waals surface area contributed by atoms with Crippen LogP contribution in [0.5, 0.6) is 0 Å². The summed E-state index contributed by atoms with van der Waals surface area (Å²) >= 11 is 3.26. The quantitative estimate of drug-likeness (QED) is 0.0660. The minimum Gasteiger partial charge on any atom is -0.543 e. The van der Waals surface area contributed by atoms with E-state index < -0.39 is 46.9 Å². The van der Waals surface area contributed by atoms with Crippen molar-refractivity contribution in [3.05, 3.63) is 33.2 Å². The smallest absolute Gasteiger partial charge is 0.543 e. The Kier molecular flexibility index (Phi) is 9.98. The van der Waals surface area contributed by atoms with Crippen molar-refractivity contribution in [2.75, 3.05) is 11.5 Å². The number of carbonyl (C=O) groups is 4. The van der Waals surface area contributed by atoms with Gasteiger partial charge in [0.25, 0.3) is 11.8 Å². The SMILES string of the molecule is Nc1nc(/C(=N/O)C(=O)NC2C(=O)N3C(C(=O)[O-])=C(S/C=C\CC(N)C(=O)O)CS[C@H]23)cs1.[Na+]. The molecular formula is C17H17N6NaO7S3. The Morgan fingerprint density at radius 2 is 2.18 bits per heavy atom. The number of carbonyl (C=O) groups excluding carboxylic acids is 3. The molecule has 0 radical (unpaired) electrons. The first-order valence-electron chi connectivity index (χ1n) is 9.09. The largest absolute Gasteiger partial charge is 1.00 e. The van der Waals surface area contributed by atoms with Crippen LogP contribution in [0, 0.1) is 0 Å². The summed E-state index contributed by atoms with van der Waals surface area (Å²) in [4.78, 5) is 52.8. The Labute approximate surface area is 227 Å². The number of fused-ring (bicyclic) bond motifs is 1. The van der Waals surface area contributed by atoms with Crippen molar-refractivity contribution in [2.45, 2.75) is 23.9 Å². The topological polar surface area (TPSA) is 224 Å². The summed E-state index contributed by atoms with van der Waals surface area (Å²) in [7, 11) is 0. The molecule has 3 heterocycles. The maximum atomic E-state index is 12.7. The van der Waals surface area contributed by atoms with E-state index >= 15 is 0 Å². The number of thioether (sulfide) groups is 2. The number of aromatic nitrogens is 1. The summed E-state index contributed by atoms with van der Waals surface area (Å²) in [6, 6.07) is -2.14. The number of oxime groups is 1. The number of β-lactam (4-membered cyclic amide) rings is 1. The van der Waals surface area contributed by atoms with Gasteiger partial charge in [0.2, 0.25) is 0 Å². The van der Waals surface area contributed by atoms with Gasteiger partial charge in [-0.2, -0.15) is 0 Å². The molecule has 1 aromatic heterocycles. The van der Waals surface area contributed by atoms with Crippen molar-refractivity contribution in [3.63, 3.8) is 0 Å². The molecule has 17 heteroatoms. The number of carboxylic acids is 2. The Morgan fingerprint density at radius 3 is 2.74 bits per heavy atom. The summed E-state index contributed by atoms with van der Waals surface area (Å²) < 4.78 is 0. The number of rotatable bonds is 9. The van der Waals surface area contributed by atoms with E-state index in [0.29, 0.717) is 4.91 Å². The van der Waals surface area contributed by atoms with E-state index in [1.54, 1.807) is 0 Å². The van der Waals surface area contributed by atoms with Crippen LogP contribution in [0.25, 0.3) is 0 Å². The molecule has 0 saturated carbocycles. The van der Waals surface area contributed by atoms with Gasteiger partial charge >= 0.3 is 35.5 Å². The molecular weight excluding hydrogens is 519 g/mol. The van der Waals surface area contributed by atoms with E-state index in [1.165, 1.54) is 28.6 Å². The van der Waals surface area contributed by atoms with E-state index in [1.807, 2.05) is 0 Å². The van der Waals surface area contributed by atoms with Gasteiger partial charge in [0, 0.05) is 16.0 Å². The van der Waals surface area contributed by atoms with Gasteiger partial charge < -0.3 is 37.0 Å².